The van der Waals surface area contributed by atoms with Crippen LogP contribution in [0.1, 0.15) is 51.3 Å². The third-order valence-electron chi connectivity index (χ3n) is 4.42. The van der Waals surface area contributed by atoms with Gasteiger partial charge in [0.2, 0.25) is 0 Å². The lowest BCUT2D eigenvalue weighted by atomic mass is 10.1. The van der Waals surface area contributed by atoms with Crippen LogP contribution in [0.4, 0.5) is 0 Å². The molecule has 0 saturated heterocycles. The van der Waals surface area contributed by atoms with Crippen LogP contribution in [-0.4, -0.2) is 42.0 Å². The molecule has 2 N–H and O–H groups in total. The van der Waals surface area contributed by atoms with Gasteiger partial charge in [-0.15, -0.1) is 24.0 Å². The second-order valence-corrected chi connectivity index (χ2v) is 6.82. The molecule has 1 heterocycles. The van der Waals surface area contributed by atoms with Gasteiger partial charge >= 0.3 is 0 Å². The Kier molecular flexibility index (Phi) is 12.3. The van der Waals surface area contributed by atoms with Crippen LogP contribution < -0.4 is 20.1 Å². The normalized spacial score (nSPS) is 12.1. The summed E-state index contributed by atoms with van der Waals surface area (Å²) in [7, 11) is 1.94. The SMILES string of the molecule is CCNC(=NCCCc1cnn(C)c1)NC(C)c1ccc(OCC)c(OCC)c1.I. The van der Waals surface area contributed by atoms with Gasteiger partial charge in [0, 0.05) is 26.3 Å². The average molecular weight is 529 g/mol. The Bertz CT molecular complexity index is 779. The van der Waals surface area contributed by atoms with E-state index in [-0.39, 0.29) is 30.0 Å². The van der Waals surface area contributed by atoms with Crippen molar-refractivity contribution in [1.29, 1.82) is 0 Å². The highest BCUT2D eigenvalue weighted by Gasteiger charge is 2.12. The van der Waals surface area contributed by atoms with Crippen molar-refractivity contribution in [3.8, 4) is 11.5 Å². The van der Waals surface area contributed by atoms with Crippen LogP contribution in [0.15, 0.2) is 35.6 Å². The Morgan fingerprint density at radius 1 is 1.17 bits per heavy atom. The van der Waals surface area contributed by atoms with Crippen LogP contribution in [0, 0.1) is 0 Å². The van der Waals surface area contributed by atoms with Gasteiger partial charge in [0.1, 0.15) is 0 Å². The smallest absolute Gasteiger partial charge is 0.191 e. The summed E-state index contributed by atoms with van der Waals surface area (Å²) in [4.78, 5) is 4.72. The molecular formula is C22H36IN5O2. The zero-order valence-electron chi connectivity index (χ0n) is 18.8. The van der Waals surface area contributed by atoms with Crippen LogP contribution in [0.5, 0.6) is 11.5 Å². The lowest BCUT2D eigenvalue weighted by Crippen LogP contribution is -2.38. The number of hydrogen-bond acceptors (Lipinski definition) is 4. The number of ether oxygens (including phenoxy) is 2. The number of benzene rings is 1. The predicted octanol–water partition coefficient (Wildman–Crippen LogP) is 4.08. The number of nitrogens with one attached hydrogen (secondary N) is 2. The predicted molar refractivity (Wildman–Crippen MR) is 133 cm³/mol. The van der Waals surface area contributed by atoms with Gasteiger partial charge in [-0.25, -0.2) is 0 Å². The molecule has 7 nitrogen and oxygen atoms in total. The highest BCUT2D eigenvalue weighted by Crippen LogP contribution is 2.30. The van der Waals surface area contributed by atoms with Gasteiger partial charge in [-0.05, 0) is 63.8 Å². The van der Waals surface area contributed by atoms with Crippen molar-refractivity contribution in [2.75, 3.05) is 26.3 Å². The largest absolute Gasteiger partial charge is 0.490 e. The van der Waals surface area contributed by atoms with Crippen LogP contribution in [-0.2, 0) is 13.5 Å². The van der Waals surface area contributed by atoms with Crippen molar-refractivity contribution in [3.63, 3.8) is 0 Å². The van der Waals surface area contributed by atoms with Crippen molar-refractivity contribution < 1.29 is 9.47 Å². The van der Waals surface area contributed by atoms with Crippen LogP contribution in [0.2, 0.25) is 0 Å². The number of aromatic nitrogens is 2. The topological polar surface area (TPSA) is 72.7 Å². The summed E-state index contributed by atoms with van der Waals surface area (Å²) in [6, 6.07) is 6.16. The van der Waals surface area contributed by atoms with Gasteiger partial charge in [0.25, 0.3) is 0 Å². The lowest BCUT2D eigenvalue weighted by Gasteiger charge is -2.20. The molecule has 2 rings (SSSR count). The zero-order chi connectivity index (χ0) is 21.1. The van der Waals surface area contributed by atoms with E-state index in [4.69, 9.17) is 14.5 Å². The van der Waals surface area contributed by atoms with E-state index in [9.17, 15) is 0 Å². The molecule has 0 aliphatic carbocycles. The van der Waals surface area contributed by atoms with E-state index in [1.807, 2.05) is 43.9 Å². The molecule has 0 bridgehead atoms. The monoisotopic (exact) mass is 529 g/mol. The fourth-order valence-corrected chi connectivity index (χ4v) is 3.02. The number of nitrogens with zero attached hydrogens (tertiary/aromatic N) is 3. The molecule has 1 atom stereocenters. The molecule has 1 aromatic carbocycles. The number of hydrogen-bond donors (Lipinski definition) is 2. The third kappa shape index (κ3) is 8.41. The van der Waals surface area contributed by atoms with E-state index in [0.29, 0.717) is 13.2 Å². The van der Waals surface area contributed by atoms with Crippen LogP contribution in [0.3, 0.4) is 0 Å². The van der Waals surface area contributed by atoms with Gasteiger partial charge in [-0.3, -0.25) is 9.67 Å². The number of aryl methyl sites for hydroxylation is 2. The molecule has 8 heteroatoms. The Hall–Kier alpha value is -1.97. The Balaban J connectivity index is 0.00000450. The number of aliphatic imine (C=N–C) groups is 1. The van der Waals surface area contributed by atoms with Crippen molar-refractivity contribution in [2.24, 2.45) is 12.0 Å². The second kappa shape index (κ2) is 14.1. The molecule has 0 aliphatic rings. The molecule has 1 unspecified atom stereocenters. The van der Waals surface area contributed by atoms with E-state index in [1.54, 1.807) is 0 Å². The molecule has 168 valence electrons. The summed E-state index contributed by atoms with van der Waals surface area (Å²) >= 11 is 0. The zero-order valence-corrected chi connectivity index (χ0v) is 21.1. The molecular weight excluding hydrogens is 493 g/mol. The number of rotatable bonds is 11. The quantitative estimate of drug-likeness (QED) is 0.199. The van der Waals surface area contributed by atoms with Crippen LogP contribution >= 0.6 is 24.0 Å². The fraction of sp³-hybridized carbons (Fsp3) is 0.545. The van der Waals surface area contributed by atoms with Gasteiger partial charge in [0.15, 0.2) is 17.5 Å². The molecule has 1 aromatic heterocycles. The first kappa shape index (κ1) is 26.1. The van der Waals surface area contributed by atoms with Crippen molar-refractivity contribution >= 4 is 29.9 Å². The van der Waals surface area contributed by atoms with E-state index in [0.717, 1.165) is 49.0 Å². The number of guanidine groups is 1. The Morgan fingerprint density at radius 3 is 2.53 bits per heavy atom. The highest BCUT2D eigenvalue weighted by molar-refractivity contribution is 14.0. The third-order valence-corrected chi connectivity index (χ3v) is 4.42. The molecule has 0 aliphatic heterocycles. The maximum absolute atomic E-state index is 5.75. The molecule has 0 fully saturated rings. The summed E-state index contributed by atoms with van der Waals surface area (Å²) in [6.07, 6.45) is 5.92. The minimum absolute atomic E-state index is 0. The first-order valence-corrected chi connectivity index (χ1v) is 10.5. The minimum atomic E-state index is 0. The molecule has 0 amide bonds. The molecule has 2 aromatic rings. The highest BCUT2D eigenvalue weighted by atomic mass is 127. The summed E-state index contributed by atoms with van der Waals surface area (Å²) in [5, 5.41) is 11.0. The maximum Gasteiger partial charge on any atom is 0.191 e. The average Bonchev–Trinajstić information content (AvgIpc) is 3.12. The number of halogens is 1. The fourth-order valence-electron chi connectivity index (χ4n) is 3.02. The van der Waals surface area contributed by atoms with Crippen molar-refractivity contribution in [2.45, 2.75) is 46.6 Å². The van der Waals surface area contributed by atoms with Crippen LogP contribution in [0.25, 0.3) is 0 Å². The van der Waals surface area contributed by atoms with Crippen molar-refractivity contribution in [3.05, 3.63) is 41.7 Å². The lowest BCUT2D eigenvalue weighted by molar-refractivity contribution is 0.287. The van der Waals surface area contributed by atoms with Gasteiger partial charge in [-0.2, -0.15) is 5.10 Å². The summed E-state index contributed by atoms with van der Waals surface area (Å²) in [5.74, 6) is 2.37. The maximum atomic E-state index is 5.75. The first-order chi connectivity index (χ1) is 14.1. The Labute approximate surface area is 197 Å². The van der Waals surface area contributed by atoms with Gasteiger partial charge in [-0.1, -0.05) is 6.07 Å². The van der Waals surface area contributed by atoms with Gasteiger partial charge < -0.3 is 20.1 Å². The molecule has 0 spiro atoms. The van der Waals surface area contributed by atoms with Gasteiger partial charge in [0.05, 0.1) is 25.5 Å². The minimum Gasteiger partial charge on any atom is -0.490 e. The standard InChI is InChI=1S/C22H35N5O2.HI/c1-6-23-22(24-13-9-10-18-15-25-27(5)16-18)26-17(4)19-11-12-20(28-7-2)21(14-19)29-8-3;/h11-12,14-17H,6-10,13H2,1-5H3,(H2,23,24,26);1H. The Morgan fingerprint density at radius 2 is 1.90 bits per heavy atom. The van der Waals surface area contributed by atoms with E-state index < -0.39 is 0 Å². The summed E-state index contributed by atoms with van der Waals surface area (Å²) in [6.45, 7) is 10.9. The first-order valence-electron chi connectivity index (χ1n) is 10.5. The molecule has 0 saturated carbocycles. The van der Waals surface area contributed by atoms with E-state index >= 15 is 0 Å². The van der Waals surface area contributed by atoms with E-state index in [2.05, 4.69) is 41.8 Å². The second-order valence-electron chi connectivity index (χ2n) is 6.82. The molecule has 0 radical (unpaired) electrons. The summed E-state index contributed by atoms with van der Waals surface area (Å²) in [5.41, 5.74) is 2.37. The molecule has 30 heavy (non-hydrogen) atoms. The summed E-state index contributed by atoms with van der Waals surface area (Å²) < 4.78 is 13.2. The van der Waals surface area contributed by atoms with Crippen molar-refractivity contribution in [1.82, 2.24) is 20.4 Å². The van der Waals surface area contributed by atoms with E-state index in [1.165, 1.54) is 5.56 Å².